The summed E-state index contributed by atoms with van der Waals surface area (Å²) < 4.78 is 0. The Balaban J connectivity index is 1.84. The largest absolute Gasteiger partial charge is 0.310 e. The molecule has 21 heavy (non-hydrogen) atoms. The van der Waals surface area contributed by atoms with E-state index >= 15 is 0 Å². The normalized spacial score (nSPS) is 17.7. The standard InChI is InChI=1S/C17H20N4/c1-3-4-11-20-12(2)21(13-9-10-13)17-16(20)18-14-7-5-6-8-15(14)19-17/h5-8,13H,2-4,9-11H2,1H3. The smallest absolute Gasteiger partial charge is 0.178 e. The highest BCUT2D eigenvalue weighted by atomic mass is 15.5. The fourth-order valence-corrected chi connectivity index (χ4v) is 2.97. The van der Waals surface area contributed by atoms with Gasteiger partial charge in [0.2, 0.25) is 0 Å². The minimum Gasteiger partial charge on any atom is -0.310 e. The summed E-state index contributed by atoms with van der Waals surface area (Å²) in [5, 5.41) is 0. The van der Waals surface area contributed by atoms with Gasteiger partial charge < -0.3 is 9.80 Å². The van der Waals surface area contributed by atoms with E-state index in [1.165, 1.54) is 19.3 Å². The molecule has 2 aromatic rings. The third-order valence-electron chi connectivity index (χ3n) is 4.26. The van der Waals surface area contributed by atoms with Gasteiger partial charge in [0.05, 0.1) is 11.0 Å². The Morgan fingerprint density at radius 2 is 1.81 bits per heavy atom. The molecular weight excluding hydrogens is 260 g/mol. The van der Waals surface area contributed by atoms with Crippen molar-refractivity contribution in [2.24, 2.45) is 0 Å². The SMILES string of the molecule is C=C1N(CCCC)c2nc3ccccc3nc2N1C1CC1. The molecule has 0 amide bonds. The minimum absolute atomic E-state index is 0.568. The number of hydrogen-bond acceptors (Lipinski definition) is 4. The molecule has 1 saturated carbocycles. The summed E-state index contributed by atoms with van der Waals surface area (Å²) in [6.07, 6.45) is 4.78. The fraction of sp³-hybridized carbons (Fsp3) is 0.412. The quantitative estimate of drug-likeness (QED) is 0.855. The second-order valence-corrected chi connectivity index (χ2v) is 5.88. The average Bonchev–Trinajstić information content (AvgIpc) is 3.29. The number of aromatic nitrogens is 2. The van der Waals surface area contributed by atoms with Crippen molar-refractivity contribution < 1.29 is 0 Å². The molecule has 0 N–H and O–H groups in total. The number of unbranched alkanes of at least 4 members (excludes halogenated alkanes) is 1. The molecule has 0 spiro atoms. The number of anilines is 2. The van der Waals surface area contributed by atoms with Crippen LogP contribution in [-0.4, -0.2) is 22.6 Å². The molecule has 1 aliphatic carbocycles. The first-order valence-corrected chi connectivity index (χ1v) is 7.82. The molecule has 0 atom stereocenters. The van der Waals surface area contributed by atoms with Crippen LogP contribution in [0.2, 0.25) is 0 Å². The molecule has 1 fully saturated rings. The highest BCUT2D eigenvalue weighted by Crippen LogP contribution is 2.45. The molecule has 0 unspecified atom stereocenters. The Morgan fingerprint density at radius 1 is 1.14 bits per heavy atom. The van der Waals surface area contributed by atoms with Crippen LogP contribution < -0.4 is 9.80 Å². The van der Waals surface area contributed by atoms with Crippen LogP contribution in [0.15, 0.2) is 36.7 Å². The lowest BCUT2D eigenvalue weighted by Crippen LogP contribution is -2.30. The van der Waals surface area contributed by atoms with Gasteiger partial charge in [-0.15, -0.1) is 0 Å². The second-order valence-electron chi connectivity index (χ2n) is 5.88. The maximum atomic E-state index is 4.87. The zero-order chi connectivity index (χ0) is 14.4. The molecule has 0 radical (unpaired) electrons. The Hall–Kier alpha value is -2.10. The van der Waals surface area contributed by atoms with E-state index in [9.17, 15) is 0 Å². The van der Waals surface area contributed by atoms with Gasteiger partial charge in [0, 0.05) is 12.6 Å². The first-order valence-electron chi connectivity index (χ1n) is 7.82. The number of rotatable bonds is 4. The first kappa shape index (κ1) is 12.6. The van der Waals surface area contributed by atoms with Crippen molar-refractivity contribution in [3.8, 4) is 0 Å². The molecule has 1 aromatic heterocycles. The van der Waals surface area contributed by atoms with Crippen LogP contribution in [0.3, 0.4) is 0 Å². The van der Waals surface area contributed by atoms with Crippen molar-refractivity contribution in [3.05, 3.63) is 36.7 Å². The molecule has 108 valence electrons. The number of benzene rings is 1. The van der Waals surface area contributed by atoms with Gasteiger partial charge >= 0.3 is 0 Å². The average molecular weight is 280 g/mol. The van der Waals surface area contributed by atoms with Gasteiger partial charge in [-0.3, -0.25) is 0 Å². The Labute approximate surface area is 125 Å². The lowest BCUT2D eigenvalue weighted by Gasteiger charge is -2.22. The van der Waals surface area contributed by atoms with Gasteiger partial charge in [0.1, 0.15) is 5.82 Å². The van der Waals surface area contributed by atoms with E-state index in [2.05, 4.69) is 23.3 Å². The second kappa shape index (κ2) is 4.72. The highest BCUT2D eigenvalue weighted by Gasteiger charge is 2.41. The van der Waals surface area contributed by atoms with Gasteiger partial charge in [-0.2, -0.15) is 0 Å². The van der Waals surface area contributed by atoms with Gasteiger partial charge in [0.15, 0.2) is 11.6 Å². The van der Waals surface area contributed by atoms with Gasteiger partial charge in [-0.05, 0) is 31.4 Å². The van der Waals surface area contributed by atoms with Gasteiger partial charge in [0.25, 0.3) is 0 Å². The van der Waals surface area contributed by atoms with E-state index in [1.807, 2.05) is 24.3 Å². The van der Waals surface area contributed by atoms with Crippen molar-refractivity contribution in [2.75, 3.05) is 16.3 Å². The molecule has 4 heteroatoms. The predicted octanol–water partition coefficient (Wildman–Crippen LogP) is 3.69. The van der Waals surface area contributed by atoms with Crippen molar-refractivity contribution in [1.29, 1.82) is 0 Å². The first-order chi connectivity index (χ1) is 10.3. The lowest BCUT2D eigenvalue weighted by molar-refractivity contribution is 0.756. The summed E-state index contributed by atoms with van der Waals surface area (Å²) in [5.41, 5.74) is 1.93. The van der Waals surface area contributed by atoms with Crippen LogP contribution in [0.4, 0.5) is 11.6 Å². The molecule has 0 bridgehead atoms. The van der Waals surface area contributed by atoms with Gasteiger partial charge in [-0.25, -0.2) is 9.97 Å². The van der Waals surface area contributed by atoms with Crippen LogP contribution in [0.5, 0.6) is 0 Å². The zero-order valence-corrected chi connectivity index (χ0v) is 12.4. The molecular formula is C17H20N4. The molecule has 4 nitrogen and oxygen atoms in total. The summed E-state index contributed by atoms with van der Waals surface area (Å²) >= 11 is 0. The number of fused-ring (bicyclic) bond motifs is 2. The molecule has 2 aliphatic rings. The van der Waals surface area contributed by atoms with Crippen LogP contribution in [0, 0.1) is 0 Å². The third-order valence-corrected chi connectivity index (χ3v) is 4.26. The summed E-state index contributed by atoms with van der Waals surface area (Å²) in [6, 6.07) is 8.67. The third kappa shape index (κ3) is 1.97. The van der Waals surface area contributed by atoms with Crippen LogP contribution in [0.25, 0.3) is 11.0 Å². The number of para-hydroxylation sites is 2. The highest BCUT2D eigenvalue weighted by molar-refractivity contribution is 5.86. The van der Waals surface area contributed by atoms with E-state index < -0.39 is 0 Å². The van der Waals surface area contributed by atoms with Crippen LogP contribution in [0.1, 0.15) is 32.6 Å². The molecule has 4 rings (SSSR count). The van der Waals surface area contributed by atoms with Crippen LogP contribution in [-0.2, 0) is 0 Å². The van der Waals surface area contributed by atoms with Gasteiger partial charge in [-0.1, -0.05) is 32.1 Å². The zero-order valence-electron chi connectivity index (χ0n) is 12.4. The maximum absolute atomic E-state index is 4.87. The fourth-order valence-electron chi connectivity index (χ4n) is 2.97. The number of nitrogens with zero attached hydrogens (tertiary/aromatic N) is 4. The topological polar surface area (TPSA) is 32.3 Å². The maximum Gasteiger partial charge on any atom is 0.178 e. The van der Waals surface area contributed by atoms with Crippen molar-refractivity contribution >= 4 is 22.7 Å². The molecule has 2 heterocycles. The minimum atomic E-state index is 0.568. The molecule has 1 aliphatic heterocycles. The monoisotopic (exact) mass is 280 g/mol. The van der Waals surface area contributed by atoms with Crippen molar-refractivity contribution in [1.82, 2.24) is 9.97 Å². The summed E-state index contributed by atoms with van der Waals surface area (Å²) in [7, 11) is 0. The number of hydrogen-bond donors (Lipinski definition) is 0. The summed E-state index contributed by atoms with van der Waals surface area (Å²) in [4.78, 5) is 14.3. The van der Waals surface area contributed by atoms with E-state index in [1.54, 1.807) is 0 Å². The van der Waals surface area contributed by atoms with Crippen LogP contribution >= 0.6 is 0 Å². The van der Waals surface area contributed by atoms with E-state index in [0.717, 1.165) is 41.5 Å². The lowest BCUT2D eigenvalue weighted by atomic mass is 10.3. The summed E-state index contributed by atoms with van der Waals surface area (Å²) in [6.45, 7) is 7.49. The van der Waals surface area contributed by atoms with E-state index in [4.69, 9.17) is 9.97 Å². The molecule has 1 aromatic carbocycles. The predicted molar refractivity (Wildman–Crippen MR) is 86.4 cm³/mol. The Bertz CT molecular complexity index is 705. The molecule has 0 saturated heterocycles. The Morgan fingerprint density at radius 3 is 2.43 bits per heavy atom. The van der Waals surface area contributed by atoms with E-state index in [0.29, 0.717) is 6.04 Å². The van der Waals surface area contributed by atoms with E-state index in [-0.39, 0.29) is 0 Å². The van der Waals surface area contributed by atoms with Crippen molar-refractivity contribution in [3.63, 3.8) is 0 Å². The summed E-state index contributed by atoms with van der Waals surface area (Å²) in [5.74, 6) is 3.03. The Kier molecular flexibility index (Phi) is 2.84. The van der Waals surface area contributed by atoms with Crippen molar-refractivity contribution in [2.45, 2.75) is 38.6 Å².